The molecule has 0 aliphatic heterocycles. The van der Waals surface area contributed by atoms with E-state index in [0.29, 0.717) is 16.9 Å². The van der Waals surface area contributed by atoms with E-state index in [2.05, 4.69) is 15.0 Å². The van der Waals surface area contributed by atoms with Crippen molar-refractivity contribution in [3.8, 4) is 0 Å². The number of aryl methyl sites for hydroxylation is 1. The van der Waals surface area contributed by atoms with Crippen LogP contribution in [0, 0.1) is 18.6 Å². The van der Waals surface area contributed by atoms with Crippen LogP contribution in [0.3, 0.4) is 0 Å². The quantitative estimate of drug-likeness (QED) is 0.692. The molecule has 130 valence electrons. The number of thiazole rings is 1. The lowest BCUT2D eigenvalue weighted by molar-refractivity contribution is 0.551. The van der Waals surface area contributed by atoms with E-state index in [1.165, 1.54) is 17.4 Å². The number of nitrogens with one attached hydrogen (secondary N) is 2. The lowest BCUT2D eigenvalue weighted by atomic mass is 10.3. The molecular formula is C16H13F2N3O2S2. The Morgan fingerprint density at radius 1 is 1.08 bits per heavy atom. The number of hydrogen-bond acceptors (Lipinski definition) is 5. The molecular weight excluding hydrogens is 368 g/mol. The van der Waals surface area contributed by atoms with Gasteiger partial charge in [0.15, 0.2) is 5.13 Å². The molecule has 0 unspecified atom stereocenters. The van der Waals surface area contributed by atoms with E-state index in [4.69, 9.17) is 0 Å². The predicted molar refractivity (Wildman–Crippen MR) is 93.7 cm³/mol. The fourth-order valence-electron chi connectivity index (χ4n) is 2.10. The molecule has 0 amide bonds. The number of benzene rings is 2. The fraction of sp³-hybridized carbons (Fsp3) is 0.0625. The van der Waals surface area contributed by atoms with Crippen molar-refractivity contribution < 1.29 is 17.2 Å². The third-order valence-electron chi connectivity index (χ3n) is 3.17. The molecule has 0 fully saturated rings. The molecule has 0 aliphatic rings. The summed E-state index contributed by atoms with van der Waals surface area (Å²) >= 11 is 1.42. The molecule has 3 aromatic rings. The molecule has 1 heterocycles. The van der Waals surface area contributed by atoms with Crippen molar-refractivity contribution >= 4 is 37.9 Å². The number of rotatable bonds is 5. The van der Waals surface area contributed by atoms with Gasteiger partial charge in [-0.15, -0.1) is 11.3 Å². The van der Waals surface area contributed by atoms with Crippen LogP contribution in [0.4, 0.5) is 25.3 Å². The predicted octanol–water partition coefficient (Wildman–Crippen LogP) is 4.27. The molecule has 0 radical (unpaired) electrons. The zero-order chi connectivity index (χ0) is 18.0. The first-order valence-corrected chi connectivity index (χ1v) is 9.47. The maximum atomic E-state index is 13.7. The number of hydrogen-bond donors (Lipinski definition) is 2. The first-order valence-electron chi connectivity index (χ1n) is 7.10. The standard InChI is InChI=1S/C16H13F2N3O2S2/c1-10-9-24-16(19-10)20-12-3-2-4-13(8-12)21-25(22,23)15-6-5-11(17)7-14(15)18/h2-9,21H,1H3,(H,19,20). The molecule has 0 saturated heterocycles. The third-order valence-corrected chi connectivity index (χ3v) is 5.46. The van der Waals surface area contributed by atoms with Crippen molar-refractivity contribution in [3.05, 3.63) is 65.2 Å². The van der Waals surface area contributed by atoms with Crippen molar-refractivity contribution in [2.45, 2.75) is 11.8 Å². The number of sulfonamides is 1. The average Bonchev–Trinajstić information content (AvgIpc) is 2.91. The summed E-state index contributed by atoms with van der Waals surface area (Å²) in [5.41, 5.74) is 1.73. The Morgan fingerprint density at radius 3 is 2.52 bits per heavy atom. The summed E-state index contributed by atoms with van der Waals surface area (Å²) in [5.74, 6) is -2.00. The molecule has 0 saturated carbocycles. The van der Waals surface area contributed by atoms with Gasteiger partial charge < -0.3 is 5.32 Å². The van der Waals surface area contributed by atoms with Crippen LogP contribution < -0.4 is 10.0 Å². The Hall–Kier alpha value is -2.52. The Balaban J connectivity index is 1.83. The molecule has 0 aliphatic carbocycles. The molecule has 9 heteroatoms. The number of anilines is 3. The Morgan fingerprint density at radius 2 is 1.84 bits per heavy atom. The monoisotopic (exact) mass is 381 g/mol. The van der Waals surface area contributed by atoms with Crippen molar-refractivity contribution in [2.75, 3.05) is 10.0 Å². The molecule has 25 heavy (non-hydrogen) atoms. The highest BCUT2D eigenvalue weighted by Crippen LogP contribution is 2.25. The van der Waals surface area contributed by atoms with Gasteiger partial charge >= 0.3 is 0 Å². The largest absolute Gasteiger partial charge is 0.331 e. The molecule has 5 nitrogen and oxygen atoms in total. The summed E-state index contributed by atoms with van der Waals surface area (Å²) < 4.78 is 53.6. The van der Waals surface area contributed by atoms with Crippen LogP contribution >= 0.6 is 11.3 Å². The zero-order valence-electron chi connectivity index (χ0n) is 13.0. The summed E-state index contributed by atoms with van der Waals surface area (Å²) in [4.78, 5) is 3.64. The lowest BCUT2D eigenvalue weighted by Crippen LogP contribution is -2.14. The SMILES string of the molecule is Cc1csc(Nc2cccc(NS(=O)(=O)c3ccc(F)cc3F)c2)n1. The molecule has 0 spiro atoms. The van der Waals surface area contributed by atoms with Crippen molar-refractivity contribution in [1.29, 1.82) is 0 Å². The maximum absolute atomic E-state index is 13.7. The van der Waals surface area contributed by atoms with E-state index in [0.717, 1.165) is 17.8 Å². The van der Waals surface area contributed by atoms with Gasteiger partial charge in [0.25, 0.3) is 10.0 Å². The van der Waals surface area contributed by atoms with E-state index >= 15 is 0 Å². The molecule has 2 N–H and O–H groups in total. The van der Waals surface area contributed by atoms with Gasteiger partial charge in [0.1, 0.15) is 16.5 Å². The molecule has 0 atom stereocenters. The summed E-state index contributed by atoms with van der Waals surface area (Å²) in [6, 6.07) is 8.76. The second kappa shape index (κ2) is 6.77. The Kier molecular flexibility index (Phi) is 4.69. The molecule has 0 bridgehead atoms. The van der Waals surface area contributed by atoms with Crippen molar-refractivity contribution in [1.82, 2.24) is 4.98 Å². The minimum absolute atomic E-state index is 0.238. The first kappa shape index (κ1) is 17.3. The van der Waals surface area contributed by atoms with Gasteiger partial charge in [-0.3, -0.25) is 4.72 Å². The summed E-state index contributed by atoms with van der Waals surface area (Å²) in [6.45, 7) is 1.86. The van der Waals surface area contributed by atoms with Gasteiger partial charge in [0.2, 0.25) is 0 Å². The fourth-order valence-corrected chi connectivity index (χ4v) is 3.92. The molecule has 3 rings (SSSR count). The van der Waals surface area contributed by atoms with Crippen LogP contribution in [0.15, 0.2) is 52.7 Å². The van der Waals surface area contributed by atoms with Gasteiger partial charge in [-0.25, -0.2) is 22.2 Å². The highest BCUT2D eigenvalue weighted by atomic mass is 32.2. The molecule has 2 aromatic carbocycles. The minimum atomic E-state index is -4.18. The highest BCUT2D eigenvalue weighted by Gasteiger charge is 2.19. The van der Waals surface area contributed by atoms with E-state index in [1.807, 2.05) is 12.3 Å². The van der Waals surface area contributed by atoms with Gasteiger partial charge in [-0.05, 0) is 37.3 Å². The van der Waals surface area contributed by atoms with Crippen LogP contribution in [0.25, 0.3) is 0 Å². The van der Waals surface area contributed by atoms with E-state index in [-0.39, 0.29) is 5.69 Å². The van der Waals surface area contributed by atoms with Gasteiger partial charge in [0, 0.05) is 17.1 Å². The van der Waals surface area contributed by atoms with Crippen molar-refractivity contribution in [2.24, 2.45) is 0 Å². The van der Waals surface area contributed by atoms with E-state index < -0.39 is 26.6 Å². The number of halogens is 2. The lowest BCUT2D eigenvalue weighted by Gasteiger charge is -2.10. The van der Waals surface area contributed by atoms with Crippen LogP contribution in [0.1, 0.15) is 5.69 Å². The Bertz CT molecular complexity index is 1020. The van der Waals surface area contributed by atoms with Crippen LogP contribution in [0.2, 0.25) is 0 Å². The van der Waals surface area contributed by atoms with Gasteiger partial charge in [-0.1, -0.05) is 6.07 Å². The summed E-state index contributed by atoms with van der Waals surface area (Å²) in [7, 11) is -4.18. The second-order valence-electron chi connectivity index (χ2n) is 5.18. The normalized spacial score (nSPS) is 11.3. The maximum Gasteiger partial charge on any atom is 0.264 e. The summed E-state index contributed by atoms with van der Waals surface area (Å²) in [5, 5.41) is 5.61. The van der Waals surface area contributed by atoms with E-state index in [1.54, 1.807) is 18.2 Å². The smallest absolute Gasteiger partial charge is 0.264 e. The molecule has 1 aromatic heterocycles. The van der Waals surface area contributed by atoms with Crippen LogP contribution in [-0.2, 0) is 10.0 Å². The van der Waals surface area contributed by atoms with Crippen LogP contribution in [0.5, 0.6) is 0 Å². The first-order chi connectivity index (χ1) is 11.8. The third kappa shape index (κ3) is 4.12. The number of aromatic nitrogens is 1. The van der Waals surface area contributed by atoms with Gasteiger partial charge in [-0.2, -0.15) is 0 Å². The average molecular weight is 381 g/mol. The zero-order valence-corrected chi connectivity index (χ0v) is 14.6. The Labute approximate surface area is 147 Å². The van der Waals surface area contributed by atoms with Crippen LogP contribution in [-0.4, -0.2) is 13.4 Å². The number of nitrogens with zero attached hydrogens (tertiary/aromatic N) is 1. The minimum Gasteiger partial charge on any atom is -0.331 e. The highest BCUT2D eigenvalue weighted by molar-refractivity contribution is 7.92. The van der Waals surface area contributed by atoms with Gasteiger partial charge in [0.05, 0.1) is 11.4 Å². The topological polar surface area (TPSA) is 71.1 Å². The second-order valence-corrected chi connectivity index (χ2v) is 7.69. The summed E-state index contributed by atoms with van der Waals surface area (Å²) in [6.07, 6.45) is 0. The van der Waals surface area contributed by atoms with Crippen molar-refractivity contribution in [3.63, 3.8) is 0 Å². The van der Waals surface area contributed by atoms with E-state index in [9.17, 15) is 17.2 Å².